The smallest absolute Gasteiger partial charge is 0.251 e. The molecule has 0 radical (unpaired) electrons. The van der Waals surface area contributed by atoms with E-state index in [1.54, 1.807) is 47.4 Å². The third-order valence-corrected chi connectivity index (χ3v) is 5.20. The lowest BCUT2D eigenvalue weighted by Crippen LogP contribution is -2.38. The van der Waals surface area contributed by atoms with Gasteiger partial charge < -0.3 is 25.0 Å². The van der Waals surface area contributed by atoms with E-state index in [1.807, 2.05) is 0 Å². The molecule has 2 aliphatic heterocycles. The van der Waals surface area contributed by atoms with E-state index in [2.05, 4.69) is 10.6 Å². The van der Waals surface area contributed by atoms with E-state index in [9.17, 15) is 14.4 Å². The number of halogens is 1. The van der Waals surface area contributed by atoms with Crippen LogP contribution in [0.4, 0.5) is 5.69 Å². The van der Waals surface area contributed by atoms with Crippen LogP contribution in [0.25, 0.3) is 0 Å². The van der Waals surface area contributed by atoms with Crippen LogP contribution >= 0.6 is 11.6 Å². The highest BCUT2D eigenvalue weighted by Crippen LogP contribution is 2.32. The summed E-state index contributed by atoms with van der Waals surface area (Å²) in [7, 11) is 0. The van der Waals surface area contributed by atoms with Crippen molar-refractivity contribution in [3.05, 3.63) is 53.1 Å². The number of nitrogens with zero attached hydrogens (tertiary/aromatic N) is 1. The number of fused-ring (bicyclic) bond motifs is 1. The quantitative estimate of drug-likeness (QED) is 0.684. The maximum Gasteiger partial charge on any atom is 0.251 e. The van der Waals surface area contributed by atoms with Crippen molar-refractivity contribution in [2.45, 2.75) is 6.42 Å². The fraction of sp³-hybridized carbons (Fsp3) is 0.286. The molecule has 1 fully saturated rings. The van der Waals surface area contributed by atoms with Gasteiger partial charge in [-0.3, -0.25) is 14.4 Å². The van der Waals surface area contributed by atoms with Gasteiger partial charge in [0.15, 0.2) is 11.5 Å². The van der Waals surface area contributed by atoms with E-state index in [0.29, 0.717) is 34.3 Å². The first-order chi connectivity index (χ1) is 14.5. The number of nitrogens with one attached hydrogen (secondary N) is 2. The Kier molecular flexibility index (Phi) is 5.76. The fourth-order valence-corrected chi connectivity index (χ4v) is 3.61. The Labute approximate surface area is 178 Å². The van der Waals surface area contributed by atoms with Gasteiger partial charge in [0.25, 0.3) is 5.91 Å². The van der Waals surface area contributed by atoms with Gasteiger partial charge in [-0.25, -0.2) is 0 Å². The highest BCUT2D eigenvalue weighted by molar-refractivity contribution is 6.31. The summed E-state index contributed by atoms with van der Waals surface area (Å²) in [5.41, 5.74) is 1.13. The lowest BCUT2D eigenvalue weighted by molar-refractivity contribution is -0.126. The second kappa shape index (κ2) is 8.62. The second-order valence-corrected chi connectivity index (χ2v) is 7.44. The summed E-state index contributed by atoms with van der Waals surface area (Å²) in [5, 5.41) is 6.05. The number of ether oxygens (including phenoxy) is 2. The van der Waals surface area contributed by atoms with Crippen molar-refractivity contribution in [1.82, 2.24) is 10.6 Å². The Bertz CT molecular complexity index is 996. The van der Waals surface area contributed by atoms with E-state index >= 15 is 0 Å². The van der Waals surface area contributed by atoms with Crippen LogP contribution < -0.4 is 25.0 Å². The largest absolute Gasteiger partial charge is 0.454 e. The minimum atomic E-state index is -0.443. The molecule has 0 spiro atoms. The van der Waals surface area contributed by atoms with Crippen molar-refractivity contribution < 1.29 is 23.9 Å². The SMILES string of the molecule is O=C(NCCNC(=O)[C@H]1CC(=O)N(c2cccc(Cl)c2)C1)c1ccc2c(c1)OCO2. The average Bonchev–Trinajstić information content (AvgIpc) is 3.36. The predicted octanol–water partition coefficient (Wildman–Crippen LogP) is 1.97. The molecular formula is C21H20ClN3O5. The summed E-state index contributed by atoms with van der Waals surface area (Å²) in [5.74, 6) is 0.0911. The van der Waals surface area contributed by atoms with Crippen LogP contribution in [0.2, 0.25) is 5.02 Å². The number of hydrogen-bond donors (Lipinski definition) is 2. The van der Waals surface area contributed by atoms with Crippen LogP contribution in [0.1, 0.15) is 16.8 Å². The van der Waals surface area contributed by atoms with Crippen molar-refractivity contribution in [3.8, 4) is 11.5 Å². The van der Waals surface area contributed by atoms with E-state index in [-0.39, 0.29) is 44.0 Å². The van der Waals surface area contributed by atoms with Gasteiger partial charge in [-0.1, -0.05) is 17.7 Å². The number of hydrogen-bond acceptors (Lipinski definition) is 5. The van der Waals surface area contributed by atoms with Crippen LogP contribution in [0.3, 0.4) is 0 Å². The monoisotopic (exact) mass is 429 g/mol. The van der Waals surface area contributed by atoms with Gasteiger partial charge in [0.1, 0.15) is 0 Å². The molecule has 1 saturated heterocycles. The molecule has 1 atom stereocenters. The van der Waals surface area contributed by atoms with E-state index < -0.39 is 5.92 Å². The fourth-order valence-electron chi connectivity index (χ4n) is 3.42. The van der Waals surface area contributed by atoms with Crippen molar-refractivity contribution in [2.75, 3.05) is 31.3 Å². The molecule has 4 rings (SSSR count). The maximum absolute atomic E-state index is 12.4. The standard InChI is InChI=1S/C21H20ClN3O5/c22-15-2-1-3-16(10-15)25-11-14(9-19(25)26)21(28)24-7-6-23-20(27)13-4-5-17-18(8-13)30-12-29-17/h1-5,8,10,14H,6-7,9,11-12H2,(H,23,27)(H,24,28)/t14-/m0/s1. The minimum Gasteiger partial charge on any atom is -0.454 e. The highest BCUT2D eigenvalue weighted by Gasteiger charge is 2.35. The maximum atomic E-state index is 12.4. The Morgan fingerprint density at radius 1 is 1.07 bits per heavy atom. The van der Waals surface area contributed by atoms with Gasteiger partial charge in [0, 0.05) is 42.3 Å². The van der Waals surface area contributed by atoms with Gasteiger partial charge in [-0.05, 0) is 36.4 Å². The molecule has 2 aromatic carbocycles. The first kappa shape index (κ1) is 20.0. The van der Waals surface area contributed by atoms with E-state index in [1.165, 1.54) is 0 Å². The van der Waals surface area contributed by atoms with Gasteiger partial charge >= 0.3 is 0 Å². The van der Waals surface area contributed by atoms with Crippen LogP contribution in [0.5, 0.6) is 11.5 Å². The van der Waals surface area contributed by atoms with Gasteiger partial charge in [-0.2, -0.15) is 0 Å². The van der Waals surface area contributed by atoms with Gasteiger partial charge in [-0.15, -0.1) is 0 Å². The summed E-state index contributed by atoms with van der Waals surface area (Å²) >= 11 is 5.99. The molecule has 0 bridgehead atoms. The van der Waals surface area contributed by atoms with E-state index in [4.69, 9.17) is 21.1 Å². The molecule has 156 valence electrons. The van der Waals surface area contributed by atoms with Crippen LogP contribution in [0, 0.1) is 5.92 Å². The molecule has 0 saturated carbocycles. The Morgan fingerprint density at radius 3 is 2.70 bits per heavy atom. The number of rotatable bonds is 6. The number of anilines is 1. The molecule has 2 aliphatic rings. The molecule has 2 N–H and O–H groups in total. The first-order valence-corrected chi connectivity index (χ1v) is 9.90. The number of carbonyl (C=O) groups is 3. The Morgan fingerprint density at radius 2 is 1.87 bits per heavy atom. The first-order valence-electron chi connectivity index (χ1n) is 9.53. The minimum absolute atomic E-state index is 0.117. The molecule has 3 amide bonds. The lowest BCUT2D eigenvalue weighted by atomic mass is 10.1. The van der Waals surface area contributed by atoms with Gasteiger partial charge in [0.05, 0.1) is 5.92 Å². The Hall–Kier alpha value is -3.26. The summed E-state index contributed by atoms with van der Waals surface area (Å²) < 4.78 is 10.5. The highest BCUT2D eigenvalue weighted by atomic mass is 35.5. The topological polar surface area (TPSA) is 97.0 Å². The molecule has 30 heavy (non-hydrogen) atoms. The van der Waals surface area contributed by atoms with Crippen molar-refractivity contribution in [3.63, 3.8) is 0 Å². The van der Waals surface area contributed by atoms with Crippen LogP contribution in [-0.2, 0) is 9.59 Å². The summed E-state index contributed by atoms with van der Waals surface area (Å²) in [6.07, 6.45) is 0.141. The molecule has 0 aromatic heterocycles. The zero-order valence-corrected chi connectivity index (χ0v) is 16.8. The Balaban J connectivity index is 1.23. The molecule has 8 nitrogen and oxygen atoms in total. The third-order valence-electron chi connectivity index (χ3n) is 4.96. The zero-order valence-electron chi connectivity index (χ0n) is 16.0. The average molecular weight is 430 g/mol. The lowest BCUT2D eigenvalue weighted by Gasteiger charge is -2.17. The van der Waals surface area contributed by atoms with Crippen molar-refractivity contribution >= 4 is 35.0 Å². The number of amides is 3. The van der Waals surface area contributed by atoms with E-state index in [0.717, 1.165) is 0 Å². The zero-order chi connectivity index (χ0) is 21.1. The normalized spacial score (nSPS) is 17.2. The molecule has 0 aliphatic carbocycles. The van der Waals surface area contributed by atoms with Crippen molar-refractivity contribution in [1.29, 1.82) is 0 Å². The van der Waals surface area contributed by atoms with Crippen molar-refractivity contribution in [2.24, 2.45) is 5.92 Å². The summed E-state index contributed by atoms with van der Waals surface area (Å²) in [4.78, 5) is 38.5. The van der Waals surface area contributed by atoms with Crippen LogP contribution in [0.15, 0.2) is 42.5 Å². The molecule has 9 heteroatoms. The number of carbonyl (C=O) groups excluding carboxylic acids is 3. The number of benzene rings is 2. The van der Waals surface area contributed by atoms with Crippen LogP contribution in [-0.4, -0.2) is 44.1 Å². The molecule has 2 heterocycles. The molecule has 0 unspecified atom stereocenters. The molecule has 2 aromatic rings. The molecular weight excluding hydrogens is 410 g/mol. The van der Waals surface area contributed by atoms with Gasteiger partial charge in [0.2, 0.25) is 18.6 Å². The summed E-state index contributed by atoms with van der Waals surface area (Å²) in [6, 6.07) is 11.9. The third kappa shape index (κ3) is 4.33. The second-order valence-electron chi connectivity index (χ2n) is 7.00. The predicted molar refractivity (Wildman–Crippen MR) is 110 cm³/mol. The summed E-state index contributed by atoms with van der Waals surface area (Å²) in [6.45, 7) is 0.966.